The third kappa shape index (κ3) is 3.50. The van der Waals surface area contributed by atoms with Crippen LogP contribution in [0.4, 0.5) is 5.69 Å². The van der Waals surface area contributed by atoms with Gasteiger partial charge >= 0.3 is 0 Å². The van der Waals surface area contributed by atoms with Crippen LogP contribution in [0, 0.1) is 5.92 Å². The van der Waals surface area contributed by atoms with E-state index < -0.39 is 0 Å². The zero-order valence-corrected chi connectivity index (χ0v) is 11.2. The van der Waals surface area contributed by atoms with Crippen LogP contribution in [-0.4, -0.2) is 13.6 Å². The lowest BCUT2D eigenvalue weighted by Gasteiger charge is -2.24. The summed E-state index contributed by atoms with van der Waals surface area (Å²) in [5, 5.41) is 0. The molecule has 0 radical (unpaired) electrons. The summed E-state index contributed by atoms with van der Waals surface area (Å²) in [6, 6.07) is 6.25. The molecule has 0 saturated heterocycles. The van der Waals surface area contributed by atoms with Crippen molar-refractivity contribution in [1.29, 1.82) is 0 Å². The molecule has 0 aromatic heterocycles. The Morgan fingerprint density at radius 1 is 1.40 bits per heavy atom. The van der Waals surface area contributed by atoms with Gasteiger partial charge in [-0.1, -0.05) is 35.8 Å². The monoisotopic (exact) mass is 270 g/mol. The largest absolute Gasteiger partial charge is 0.374 e. The summed E-state index contributed by atoms with van der Waals surface area (Å²) in [6.07, 6.45) is 0. The van der Waals surface area contributed by atoms with Crippen LogP contribution < -0.4 is 10.6 Å². The van der Waals surface area contributed by atoms with Crippen molar-refractivity contribution < 1.29 is 0 Å². The van der Waals surface area contributed by atoms with E-state index in [4.69, 9.17) is 5.73 Å². The highest BCUT2D eigenvalue weighted by molar-refractivity contribution is 9.10. The normalized spacial score (nSPS) is 10.8. The van der Waals surface area contributed by atoms with Gasteiger partial charge in [0, 0.05) is 30.3 Å². The Bertz CT molecular complexity index is 323. The highest BCUT2D eigenvalue weighted by Crippen LogP contribution is 2.24. The van der Waals surface area contributed by atoms with Crippen LogP contribution in [0.25, 0.3) is 0 Å². The Labute approximate surface area is 101 Å². The number of rotatable bonds is 4. The third-order valence-electron chi connectivity index (χ3n) is 2.32. The molecule has 0 aliphatic rings. The van der Waals surface area contributed by atoms with E-state index in [-0.39, 0.29) is 0 Å². The fraction of sp³-hybridized carbons (Fsp3) is 0.500. The van der Waals surface area contributed by atoms with Crippen LogP contribution in [0.3, 0.4) is 0 Å². The lowest BCUT2D eigenvalue weighted by Crippen LogP contribution is -2.24. The molecule has 2 nitrogen and oxygen atoms in total. The summed E-state index contributed by atoms with van der Waals surface area (Å²) in [7, 11) is 2.11. The zero-order chi connectivity index (χ0) is 11.4. The van der Waals surface area contributed by atoms with Crippen molar-refractivity contribution in [3.05, 3.63) is 28.2 Å². The van der Waals surface area contributed by atoms with Crippen LogP contribution in [0.2, 0.25) is 0 Å². The van der Waals surface area contributed by atoms with Crippen molar-refractivity contribution in [2.45, 2.75) is 20.4 Å². The van der Waals surface area contributed by atoms with Crippen LogP contribution >= 0.6 is 15.9 Å². The number of nitrogens with zero attached hydrogens (tertiary/aromatic N) is 1. The SMILES string of the molecule is CC(C)CN(C)c1cc(Br)ccc1CN. The lowest BCUT2D eigenvalue weighted by molar-refractivity contribution is 0.637. The average Bonchev–Trinajstić information content (AvgIpc) is 2.16. The molecule has 3 heteroatoms. The molecule has 2 N–H and O–H groups in total. The third-order valence-corrected chi connectivity index (χ3v) is 2.81. The maximum Gasteiger partial charge on any atom is 0.0420 e. The molecule has 0 spiro atoms. The van der Waals surface area contributed by atoms with Crippen molar-refractivity contribution >= 4 is 21.6 Å². The summed E-state index contributed by atoms with van der Waals surface area (Å²) >= 11 is 3.49. The fourth-order valence-corrected chi connectivity index (χ4v) is 2.06. The molecule has 84 valence electrons. The maximum atomic E-state index is 5.73. The van der Waals surface area contributed by atoms with Gasteiger partial charge in [0.25, 0.3) is 0 Å². The minimum atomic E-state index is 0.588. The van der Waals surface area contributed by atoms with Gasteiger partial charge in [-0.05, 0) is 23.6 Å². The van der Waals surface area contributed by atoms with E-state index in [2.05, 4.69) is 53.9 Å². The molecule has 0 saturated carbocycles. The molecule has 0 heterocycles. The molecule has 0 aliphatic carbocycles. The standard InChI is InChI=1S/C12H19BrN2/c1-9(2)8-15(3)12-6-11(13)5-4-10(12)7-14/h4-6,9H,7-8,14H2,1-3H3. The highest BCUT2D eigenvalue weighted by Gasteiger charge is 2.08. The number of hydrogen-bond donors (Lipinski definition) is 1. The minimum Gasteiger partial charge on any atom is -0.374 e. The summed E-state index contributed by atoms with van der Waals surface area (Å²) in [4.78, 5) is 2.26. The Hall–Kier alpha value is -0.540. The molecule has 0 atom stereocenters. The second kappa shape index (κ2) is 5.52. The lowest BCUT2D eigenvalue weighted by atomic mass is 10.1. The van der Waals surface area contributed by atoms with Gasteiger partial charge in [0.2, 0.25) is 0 Å². The molecule has 0 aliphatic heterocycles. The van der Waals surface area contributed by atoms with E-state index in [1.54, 1.807) is 0 Å². The summed E-state index contributed by atoms with van der Waals surface area (Å²) in [5.41, 5.74) is 8.15. The van der Waals surface area contributed by atoms with Crippen molar-refractivity contribution in [2.24, 2.45) is 11.7 Å². The van der Waals surface area contributed by atoms with E-state index in [1.165, 1.54) is 11.3 Å². The van der Waals surface area contributed by atoms with Crippen LogP contribution in [0.1, 0.15) is 19.4 Å². The fourth-order valence-electron chi connectivity index (χ4n) is 1.71. The molecule has 0 bridgehead atoms. The molecule has 1 rings (SSSR count). The highest BCUT2D eigenvalue weighted by atomic mass is 79.9. The van der Waals surface area contributed by atoms with Gasteiger partial charge in [0.05, 0.1) is 0 Å². The van der Waals surface area contributed by atoms with Gasteiger partial charge in [-0.3, -0.25) is 0 Å². The second-order valence-electron chi connectivity index (χ2n) is 4.25. The Kier molecular flexibility index (Phi) is 4.61. The second-order valence-corrected chi connectivity index (χ2v) is 5.17. The Balaban J connectivity index is 2.94. The summed E-state index contributed by atoms with van der Waals surface area (Å²) < 4.78 is 1.10. The molecule has 0 unspecified atom stereocenters. The van der Waals surface area contributed by atoms with Gasteiger partial charge in [0.15, 0.2) is 0 Å². The van der Waals surface area contributed by atoms with Crippen molar-refractivity contribution in [2.75, 3.05) is 18.5 Å². The number of nitrogens with two attached hydrogens (primary N) is 1. The van der Waals surface area contributed by atoms with E-state index >= 15 is 0 Å². The van der Waals surface area contributed by atoms with Gasteiger partial charge in [-0.25, -0.2) is 0 Å². The topological polar surface area (TPSA) is 29.3 Å². The van der Waals surface area contributed by atoms with Crippen LogP contribution in [0.5, 0.6) is 0 Å². The molecule has 1 aromatic rings. The molecule has 15 heavy (non-hydrogen) atoms. The average molecular weight is 271 g/mol. The van der Waals surface area contributed by atoms with E-state index in [9.17, 15) is 0 Å². The molecular weight excluding hydrogens is 252 g/mol. The molecule has 1 aromatic carbocycles. The Morgan fingerprint density at radius 3 is 2.60 bits per heavy atom. The number of hydrogen-bond acceptors (Lipinski definition) is 2. The first-order valence-corrected chi connectivity index (χ1v) is 6.03. The first-order chi connectivity index (χ1) is 7.04. The minimum absolute atomic E-state index is 0.588. The van der Waals surface area contributed by atoms with Gasteiger partial charge in [0.1, 0.15) is 0 Å². The number of halogens is 1. The van der Waals surface area contributed by atoms with Gasteiger partial charge in [-0.15, -0.1) is 0 Å². The number of anilines is 1. The van der Waals surface area contributed by atoms with Crippen molar-refractivity contribution in [3.63, 3.8) is 0 Å². The van der Waals surface area contributed by atoms with E-state index in [1.807, 2.05) is 6.07 Å². The van der Waals surface area contributed by atoms with Crippen molar-refractivity contribution in [1.82, 2.24) is 0 Å². The number of benzene rings is 1. The Morgan fingerprint density at radius 2 is 2.07 bits per heavy atom. The predicted molar refractivity (Wildman–Crippen MR) is 70.1 cm³/mol. The van der Waals surface area contributed by atoms with Crippen LogP contribution in [-0.2, 0) is 6.54 Å². The molecular formula is C12H19BrN2. The van der Waals surface area contributed by atoms with Gasteiger partial charge < -0.3 is 10.6 Å². The first kappa shape index (κ1) is 12.5. The smallest absolute Gasteiger partial charge is 0.0420 e. The first-order valence-electron chi connectivity index (χ1n) is 5.24. The van der Waals surface area contributed by atoms with Crippen molar-refractivity contribution in [3.8, 4) is 0 Å². The van der Waals surface area contributed by atoms with E-state index in [0.717, 1.165) is 11.0 Å². The molecule has 0 amide bonds. The summed E-state index contributed by atoms with van der Waals surface area (Å²) in [6.45, 7) is 6.07. The molecule has 0 fully saturated rings. The quantitative estimate of drug-likeness (QED) is 0.912. The predicted octanol–water partition coefficient (Wildman–Crippen LogP) is 3.00. The summed E-state index contributed by atoms with van der Waals surface area (Å²) in [5.74, 6) is 0.652. The zero-order valence-electron chi connectivity index (χ0n) is 9.63. The van der Waals surface area contributed by atoms with E-state index in [0.29, 0.717) is 12.5 Å². The maximum absolute atomic E-state index is 5.73. The van der Waals surface area contributed by atoms with Gasteiger partial charge in [-0.2, -0.15) is 0 Å². The van der Waals surface area contributed by atoms with Crippen LogP contribution in [0.15, 0.2) is 22.7 Å².